The lowest BCUT2D eigenvalue weighted by Crippen LogP contribution is -2.42. The van der Waals surface area contributed by atoms with Crippen LogP contribution >= 0.6 is 0 Å². The number of rotatable bonds is 4. The van der Waals surface area contributed by atoms with Gasteiger partial charge in [-0.05, 0) is 25.0 Å². The Balaban J connectivity index is 2.27. The summed E-state index contributed by atoms with van der Waals surface area (Å²) in [5.74, 6) is -3.59. The summed E-state index contributed by atoms with van der Waals surface area (Å²) in [5, 5.41) is 8.91. The molecule has 1 amide bonds. The summed E-state index contributed by atoms with van der Waals surface area (Å²) in [5.41, 5.74) is -0.292. The van der Waals surface area contributed by atoms with Crippen LogP contribution in [0.1, 0.15) is 36.0 Å². The van der Waals surface area contributed by atoms with Gasteiger partial charge in [0.2, 0.25) is 0 Å². The van der Waals surface area contributed by atoms with Crippen LogP contribution in [0.3, 0.4) is 0 Å². The highest BCUT2D eigenvalue weighted by atomic mass is 19.1. The molecular formula is C14H15F2NO3. The molecule has 1 aliphatic rings. The largest absolute Gasteiger partial charge is 0.480 e. The molecule has 0 aromatic heterocycles. The first kappa shape index (κ1) is 14.4. The number of carbonyl (C=O) groups is 2. The smallest absolute Gasteiger partial charge is 0.323 e. The van der Waals surface area contributed by atoms with E-state index in [0.717, 1.165) is 25.0 Å². The predicted molar refractivity (Wildman–Crippen MR) is 67.3 cm³/mol. The molecule has 6 heteroatoms. The normalized spacial score (nSPS) is 15.3. The number of aliphatic carboxylic acids is 1. The Hall–Kier alpha value is -1.98. The minimum Gasteiger partial charge on any atom is -0.480 e. The number of hydrogen-bond donors (Lipinski definition) is 1. The number of amides is 1. The Morgan fingerprint density at radius 3 is 2.45 bits per heavy atom. The number of halogens is 2. The lowest BCUT2D eigenvalue weighted by molar-refractivity contribution is -0.138. The van der Waals surface area contributed by atoms with Gasteiger partial charge in [-0.1, -0.05) is 12.8 Å². The first-order chi connectivity index (χ1) is 9.49. The second-order valence-electron chi connectivity index (χ2n) is 4.89. The average molecular weight is 283 g/mol. The fourth-order valence-corrected chi connectivity index (χ4v) is 2.55. The third-order valence-electron chi connectivity index (χ3n) is 3.49. The van der Waals surface area contributed by atoms with E-state index in [1.807, 2.05) is 0 Å². The van der Waals surface area contributed by atoms with Gasteiger partial charge in [0.1, 0.15) is 18.2 Å². The summed E-state index contributed by atoms with van der Waals surface area (Å²) in [6.07, 6.45) is 3.25. The van der Waals surface area contributed by atoms with Crippen LogP contribution in [0.4, 0.5) is 8.78 Å². The number of benzene rings is 1. The molecule has 2 rings (SSSR count). The van der Waals surface area contributed by atoms with Crippen molar-refractivity contribution in [1.82, 2.24) is 4.90 Å². The SMILES string of the molecule is O=C(O)CN(C(=O)c1ccc(F)cc1F)C1CCCC1. The molecule has 1 aromatic rings. The van der Waals surface area contributed by atoms with Crippen LogP contribution in [0.2, 0.25) is 0 Å². The molecule has 0 radical (unpaired) electrons. The summed E-state index contributed by atoms with van der Waals surface area (Å²) < 4.78 is 26.5. The highest BCUT2D eigenvalue weighted by Crippen LogP contribution is 2.25. The fraction of sp³-hybridized carbons (Fsp3) is 0.429. The van der Waals surface area contributed by atoms with Crippen molar-refractivity contribution in [3.8, 4) is 0 Å². The molecule has 0 bridgehead atoms. The van der Waals surface area contributed by atoms with E-state index in [4.69, 9.17) is 5.11 Å². The van der Waals surface area contributed by atoms with E-state index in [-0.39, 0.29) is 11.6 Å². The van der Waals surface area contributed by atoms with Crippen LogP contribution in [-0.4, -0.2) is 34.5 Å². The van der Waals surface area contributed by atoms with E-state index < -0.39 is 30.1 Å². The maximum atomic E-state index is 13.7. The standard InChI is InChI=1S/C14H15F2NO3/c15-9-5-6-11(12(16)7-9)14(20)17(8-13(18)19)10-3-1-2-4-10/h5-7,10H,1-4,8H2,(H,18,19). The minimum absolute atomic E-state index is 0.192. The molecule has 20 heavy (non-hydrogen) atoms. The Labute approximate surface area is 115 Å². The molecule has 0 unspecified atom stereocenters. The van der Waals surface area contributed by atoms with Crippen molar-refractivity contribution >= 4 is 11.9 Å². The van der Waals surface area contributed by atoms with E-state index in [0.29, 0.717) is 18.9 Å². The summed E-state index contributed by atoms with van der Waals surface area (Å²) >= 11 is 0. The van der Waals surface area contributed by atoms with Crippen LogP contribution < -0.4 is 0 Å². The average Bonchev–Trinajstić information content (AvgIpc) is 2.88. The molecule has 0 atom stereocenters. The number of carboxylic acid groups (broad SMARTS) is 1. The zero-order valence-electron chi connectivity index (χ0n) is 10.8. The highest BCUT2D eigenvalue weighted by molar-refractivity contribution is 5.96. The van der Waals surface area contributed by atoms with Crippen LogP contribution in [0.15, 0.2) is 18.2 Å². The van der Waals surface area contributed by atoms with Crippen LogP contribution in [0.5, 0.6) is 0 Å². The maximum Gasteiger partial charge on any atom is 0.323 e. The minimum atomic E-state index is -1.15. The van der Waals surface area contributed by atoms with Crippen molar-refractivity contribution in [3.63, 3.8) is 0 Å². The molecule has 0 saturated heterocycles. The Bertz CT molecular complexity index is 527. The van der Waals surface area contributed by atoms with Gasteiger partial charge < -0.3 is 10.0 Å². The monoisotopic (exact) mass is 283 g/mol. The van der Waals surface area contributed by atoms with Crippen molar-refractivity contribution < 1.29 is 23.5 Å². The molecule has 108 valence electrons. The topological polar surface area (TPSA) is 57.6 Å². The van der Waals surface area contributed by atoms with Gasteiger partial charge in [-0.2, -0.15) is 0 Å². The third-order valence-corrected chi connectivity index (χ3v) is 3.49. The molecule has 4 nitrogen and oxygen atoms in total. The van der Waals surface area contributed by atoms with Crippen molar-refractivity contribution in [2.24, 2.45) is 0 Å². The van der Waals surface area contributed by atoms with E-state index in [9.17, 15) is 18.4 Å². The van der Waals surface area contributed by atoms with Crippen LogP contribution in [0, 0.1) is 11.6 Å². The van der Waals surface area contributed by atoms with Crippen molar-refractivity contribution in [1.29, 1.82) is 0 Å². The van der Waals surface area contributed by atoms with Gasteiger partial charge in [0.25, 0.3) is 5.91 Å². The zero-order chi connectivity index (χ0) is 14.7. The van der Waals surface area contributed by atoms with Gasteiger partial charge in [0.05, 0.1) is 5.56 Å². The molecular weight excluding hydrogens is 268 g/mol. The number of carboxylic acids is 1. The third kappa shape index (κ3) is 3.12. The maximum absolute atomic E-state index is 13.7. The lowest BCUT2D eigenvalue weighted by atomic mass is 10.1. The molecule has 0 spiro atoms. The Kier molecular flexibility index (Phi) is 4.32. The number of nitrogens with zero attached hydrogens (tertiary/aromatic N) is 1. The van der Waals surface area contributed by atoms with Gasteiger partial charge in [-0.25, -0.2) is 8.78 Å². The van der Waals surface area contributed by atoms with E-state index in [1.165, 1.54) is 4.90 Å². The number of hydrogen-bond acceptors (Lipinski definition) is 2. The highest BCUT2D eigenvalue weighted by Gasteiger charge is 2.30. The van der Waals surface area contributed by atoms with E-state index in [2.05, 4.69) is 0 Å². The fourth-order valence-electron chi connectivity index (χ4n) is 2.55. The number of carbonyl (C=O) groups excluding carboxylic acids is 1. The molecule has 1 aliphatic carbocycles. The van der Waals surface area contributed by atoms with Crippen molar-refractivity contribution in [2.75, 3.05) is 6.54 Å². The van der Waals surface area contributed by atoms with Gasteiger partial charge in [-0.15, -0.1) is 0 Å². The predicted octanol–water partition coefficient (Wildman–Crippen LogP) is 2.43. The van der Waals surface area contributed by atoms with E-state index in [1.54, 1.807) is 0 Å². The molecule has 1 aromatic carbocycles. The van der Waals surface area contributed by atoms with Gasteiger partial charge in [-0.3, -0.25) is 9.59 Å². The molecule has 1 N–H and O–H groups in total. The van der Waals surface area contributed by atoms with Gasteiger partial charge >= 0.3 is 5.97 Å². The Morgan fingerprint density at radius 1 is 1.25 bits per heavy atom. The zero-order valence-corrected chi connectivity index (χ0v) is 10.8. The molecule has 1 fully saturated rings. The van der Waals surface area contributed by atoms with Crippen LogP contribution in [-0.2, 0) is 4.79 Å². The first-order valence-corrected chi connectivity index (χ1v) is 6.47. The van der Waals surface area contributed by atoms with Crippen molar-refractivity contribution in [2.45, 2.75) is 31.7 Å². The second-order valence-corrected chi connectivity index (χ2v) is 4.89. The summed E-state index contributed by atoms with van der Waals surface area (Å²) in [6, 6.07) is 2.48. The summed E-state index contributed by atoms with van der Waals surface area (Å²) in [4.78, 5) is 24.4. The molecule has 0 heterocycles. The quantitative estimate of drug-likeness (QED) is 0.923. The van der Waals surface area contributed by atoms with Crippen LogP contribution in [0.25, 0.3) is 0 Å². The van der Waals surface area contributed by atoms with Crippen molar-refractivity contribution in [3.05, 3.63) is 35.4 Å². The second kappa shape index (κ2) is 5.98. The van der Waals surface area contributed by atoms with Gasteiger partial charge in [0, 0.05) is 12.1 Å². The van der Waals surface area contributed by atoms with E-state index >= 15 is 0 Å². The molecule has 0 aliphatic heterocycles. The molecule has 1 saturated carbocycles. The summed E-state index contributed by atoms with van der Waals surface area (Å²) in [7, 11) is 0. The van der Waals surface area contributed by atoms with Gasteiger partial charge in [0.15, 0.2) is 0 Å². The summed E-state index contributed by atoms with van der Waals surface area (Å²) in [6.45, 7) is -0.472. The lowest BCUT2D eigenvalue weighted by Gasteiger charge is -2.27. The Morgan fingerprint density at radius 2 is 1.90 bits per heavy atom. The first-order valence-electron chi connectivity index (χ1n) is 6.47.